The van der Waals surface area contributed by atoms with Gasteiger partial charge in [-0.15, -0.1) is 0 Å². The molecular formula is C22H17Cl2F2N3OS. The van der Waals surface area contributed by atoms with Gasteiger partial charge in [-0.25, -0.2) is 8.78 Å². The molecule has 0 N–H and O–H groups in total. The summed E-state index contributed by atoms with van der Waals surface area (Å²) in [5.74, 6) is -1.65. The van der Waals surface area contributed by atoms with Crippen LogP contribution in [0.15, 0.2) is 52.5 Å². The summed E-state index contributed by atoms with van der Waals surface area (Å²) in [6, 6.07) is 7.66. The fourth-order valence-corrected chi connectivity index (χ4v) is 4.95. The molecule has 0 amide bonds. The maximum Gasteiger partial charge on any atom is 0.166 e. The van der Waals surface area contributed by atoms with Crippen LogP contribution in [0.5, 0.6) is 0 Å². The van der Waals surface area contributed by atoms with Crippen LogP contribution in [0.4, 0.5) is 8.78 Å². The van der Waals surface area contributed by atoms with Crippen molar-refractivity contribution in [3.63, 3.8) is 0 Å². The van der Waals surface area contributed by atoms with Crippen LogP contribution < -0.4 is 0 Å². The van der Waals surface area contributed by atoms with E-state index in [2.05, 4.69) is 5.10 Å². The molecule has 160 valence electrons. The van der Waals surface area contributed by atoms with Crippen LogP contribution in [0.1, 0.15) is 30.6 Å². The molecule has 9 heteroatoms. The van der Waals surface area contributed by atoms with Gasteiger partial charge in [-0.1, -0.05) is 48.0 Å². The minimum Gasteiger partial charge on any atom is -0.294 e. The quantitative estimate of drug-likeness (QED) is 0.275. The van der Waals surface area contributed by atoms with Crippen molar-refractivity contribution >= 4 is 51.6 Å². The Morgan fingerprint density at radius 2 is 1.94 bits per heavy atom. The van der Waals surface area contributed by atoms with Crippen molar-refractivity contribution in [3.8, 4) is 5.69 Å². The zero-order valence-corrected chi connectivity index (χ0v) is 19.0. The lowest BCUT2D eigenvalue weighted by Crippen LogP contribution is -1.98. The number of Topliss-reactive ketones (excluding diaryl/α,β-unsaturated/α-hetero) is 1. The van der Waals surface area contributed by atoms with E-state index in [9.17, 15) is 9.18 Å². The third kappa shape index (κ3) is 3.86. The third-order valence-corrected chi connectivity index (χ3v) is 6.72. The number of aryl methyl sites for hydroxylation is 1. The highest BCUT2D eigenvalue weighted by Gasteiger charge is 2.24. The van der Waals surface area contributed by atoms with Crippen molar-refractivity contribution in [2.75, 3.05) is 0 Å². The number of benzene rings is 2. The molecule has 2 aromatic carbocycles. The monoisotopic (exact) mass is 479 g/mol. The Hall–Kier alpha value is -2.35. The average Bonchev–Trinajstić information content (AvgIpc) is 3.29. The highest BCUT2D eigenvalue weighted by atomic mass is 35.5. The predicted molar refractivity (Wildman–Crippen MR) is 120 cm³/mol. The zero-order valence-electron chi connectivity index (χ0n) is 16.6. The van der Waals surface area contributed by atoms with Gasteiger partial charge in [0.05, 0.1) is 32.9 Å². The van der Waals surface area contributed by atoms with E-state index in [0.717, 1.165) is 18.2 Å². The van der Waals surface area contributed by atoms with Crippen molar-refractivity contribution in [3.05, 3.63) is 70.1 Å². The Bertz CT molecular complexity index is 1320. The van der Waals surface area contributed by atoms with Gasteiger partial charge in [0.25, 0.3) is 0 Å². The number of rotatable bonds is 6. The highest BCUT2D eigenvalue weighted by Crippen LogP contribution is 2.45. The topological polar surface area (TPSA) is 39.8 Å². The molecule has 0 unspecified atom stereocenters. The van der Waals surface area contributed by atoms with E-state index in [1.807, 2.05) is 6.92 Å². The van der Waals surface area contributed by atoms with Crippen molar-refractivity contribution in [1.82, 2.24) is 14.3 Å². The lowest BCUT2D eigenvalue weighted by atomic mass is 10.1. The third-order valence-electron chi connectivity index (χ3n) is 4.81. The van der Waals surface area contributed by atoms with Gasteiger partial charge < -0.3 is 0 Å². The van der Waals surface area contributed by atoms with Crippen molar-refractivity contribution in [1.29, 1.82) is 0 Å². The van der Waals surface area contributed by atoms with Gasteiger partial charge in [-0.2, -0.15) is 5.10 Å². The van der Waals surface area contributed by atoms with Crippen LogP contribution in [-0.2, 0) is 6.54 Å². The first-order valence-corrected chi connectivity index (χ1v) is 11.1. The minimum absolute atomic E-state index is 0.0140. The van der Waals surface area contributed by atoms with Crippen LogP contribution >= 0.6 is 35.0 Å². The number of aromatic nitrogens is 3. The molecule has 0 bridgehead atoms. The maximum absolute atomic E-state index is 15.1. The molecule has 0 atom stereocenters. The van der Waals surface area contributed by atoms with Gasteiger partial charge in [0.2, 0.25) is 0 Å². The fourth-order valence-electron chi connectivity index (χ4n) is 3.38. The average molecular weight is 480 g/mol. The first kappa shape index (κ1) is 21.9. The highest BCUT2D eigenvalue weighted by molar-refractivity contribution is 7.99. The number of hydrogen-bond donors (Lipinski definition) is 0. The van der Waals surface area contributed by atoms with Crippen molar-refractivity contribution < 1.29 is 13.6 Å². The number of hydrogen-bond acceptors (Lipinski definition) is 3. The number of halogens is 4. The lowest BCUT2D eigenvalue weighted by Gasteiger charge is -2.07. The maximum atomic E-state index is 15.1. The van der Waals surface area contributed by atoms with Crippen LogP contribution in [0.25, 0.3) is 16.6 Å². The molecule has 31 heavy (non-hydrogen) atoms. The number of fused-ring (bicyclic) bond motifs is 1. The van der Waals surface area contributed by atoms with E-state index in [-0.39, 0.29) is 31.9 Å². The van der Waals surface area contributed by atoms with Gasteiger partial charge in [-0.3, -0.25) is 14.0 Å². The van der Waals surface area contributed by atoms with Crippen LogP contribution in [0.3, 0.4) is 0 Å². The first-order chi connectivity index (χ1) is 14.8. The summed E-state index contributed by atoms with van der Waals surface area (Å²) < 4.78 is 33.3. The molecule has 0 spiro atoms. The summed E-state index contributed by atoms with van der Waals surface area (Å²) in [5.41, 5.74) is 0.730. The Labute approximate surface area is 191 Å². The molecule has 0 aliphatic rings. The van der Waals surface area contributed by atoms with Gasteiger partial charge in [0, 0.05) is 23.0 Å². The molecular weight excluding hydrogens is 463 g/mol. The van der Waals surface area contributed by atoms with Gasteiger partial charge in [-0.05, 0) is 37.6 Å². The summed E-state index contributed by atoms with van der Waals surface area (Å²) in [6.07, 6.45) is 4.24. The molecule has 0 fully saturated rings. The summed E-state index contributed by atoms with van der Waals surface area (Å²) >= 11 is 13.8. The summed E-state index contributed by atoms with van der Waals surface area (Å²) in [5, 5.41) is 4.93. The largest absolute Gasteiger partial charge is 0.294 e. The van der Waals surface area contributed by atoms with E-state index < -0.39 is 11.6 Å². The summed E-state index contributed by atoms with van der Waals surface area (Å²) in [7, 11) is 0. The molecule has 2 aromatic heterocycles. The second kappa shape index (κ2) is 8.65. The standard InChI is InChI=1S/C22H17Cl2F2N3OS/c1-3-9-28-11-13(10-27-28)29-20-15(7-8-16(23)19(20)26)21(22(29)24)31-17-6-4-5-14(12(2)30)18(17)25/h4-8,10-11H,3,9H2,1-2H3. The number of carbonyl (C=O) groups is 1. The number of nitrogens with zero attached hydrogens (tertiary/aromatic N) is 3. The number of carbonyl (C=O) groups excluding carboxylic acids is 1. The van der Waals surface area contributed by atoms with E-state index in [1.54, 1.807) is 35.3 Å². The van der Waals surface area contributed by atoms with E-state index in [4.69, 9.17) is 23.2 Å². The minimum atomic E-state index is -0.637. The molecule has 4 nitrogen and oxygen atoms in total. The molecule has 0 saturated carbocycles. The van der Waals surface area contributed by atoms with Crippen LogP contribution in [-0.4, -0.2) is 20.1 Å². The van der Waals surface area contributed by atoms with Gasteiger partial charge in [0.15, 0.2) is 11.6 Å². The Morgan fingerprint density at radius 1 is 1.16 bits per heavy atom. The second-order valence-corrected chi connectivity index (χ2v) is 8.77. The Kier molecular flexibility index (Phi) is 6.10. The van der Waals surface area contributed by atoms with E-state index in [0.29, 0.717) is 22.5 Å². The molecule has 4 rings (SSSR count). The van der Waals surface area contributed by atoms with Gasteiger partial charge in [0.1, 0.15) is 11.0 Å². The summed E-state index contributed by atoms with van der Waals surface area (Å²) in [4.78, 5) is 12.4. The zero-order chi connectivity index (χ0) is 22.3. The molecule has 0 radical (unpaired) electrons. The molecule has 0 aliphatic heterocycles. The van der Waals surface area contributed by atoms with E-state index in [1.165, 1.54) is 23.6 Å². The summed E-state index contributed by atoms with van der Waals surface area (Å²) in [6.45, 7) is 4.03. The fraction of sp³-hybridized carbons (Fsp3) is 0.182. The smallest absolute Gasteiger partial charge is 0.166 e. The normalized spacial score (nSPS) is 11.4. The van der Waals surface area contributed by atoms with Crippen LogP contribution in [0, 0.1) is 11.6 Å². The first-order valence-electron chi connectivity index (χ1n) is 9.51. The molecule has 4 aromatic rings. The second-order valence-electron chi connectivity index (χ2n) is 6.95. The molecule has 2 heterocycles. The van der Waals surface area contributed by atoms with Crippen molar-refractivity contribution in [2.45, 2.75) is 36.6 Å². The van der Waals surface area contributed by atoms with E-state index >= 15 is 4.39 Å². The molecule has 0 saturated heterocycles. The van der Waals surface area contributed by atoms with Crippen LogP contribution in [0.2, 0.25) is 10.2 Å². The lowest BCUT2D eigenvalue weighted by molar-refractivity contribution is 0.101. The number of ketones is 1. The van der Waals surface area contributed by atoms with Crippen molar-refractivity contribution in [2.24, 2.45) is 0 Å². The molecule has 0 aliphatic carbocycles. The van der Waals surface area contributed by atoms with Gasteiger partial charge >= 0.3 is 0 Å². The SMILES string of the molecule is CCCn1cc(-n2c(Cl)c(Sc3cccc(C(C)=O)c3F)c3ccc(Cl)c(F)c32)cn1. The Morgan fingerprint density at radius 3 is 2.65 bits per heavy atom. The predicted octanol–water partition coefficient (Wildman–Crippen LogP) is 7.18. The Balaban J connectivity index is 1.93.